The van der Waals surface area contributed by atoms with E-state index in [4.69, 9.17) is 9.63 Å². The molecule has 1 aliphatic rings. The number of carbonyl (C=O) groups excluding carboxylic acids is 1. The number of aryl methyl sites for hydroxylation is 2. The molecule has 1 saturated heterocycles. The molecule has 1 aliphatic heterocycles. The Balaban J connectivity index is 2.29. The molecule has 17 heavy (non-hydrogen) atoms. The van der Waals surface area contributed by atoms with Crippen molar-refractivity contribution in [3.8, 4) is 0 Å². The lowest BCUT2D eigenvalue weighted by atomic mass is 10.1. The molecule has 6 heteroatoms. The number of likely N-dealkylation sites (tertiary alicyclic amines) is 1. The lowest BCUT2D eigenvalue weighted by Gasteiger charge is -2.21. The summed E-state index contributed by atoms with van der Waals surface area (Å²) in [5.41, 5.74) is 0.890. The highest BCUT2D eigenvalue weighted by molar-refractivity contribution is 5.98. The number of rotatable bonds is 2. The summed E-state index contributed by atoms with van der Waals surface area (Å²) >= 11 is 0. The minimum atomic E-state index is -0.956. The highest BCUT2D eigenvalue weighted by Gasteiger charge is 2.36. The third kappa shape index (κ3) is 1.90. The number of amides is 1. The predicted molar refractivity (Wildman–Crippen MR) is 57.7 cm³/mol. The van der Waals surface area contributed by atoms with Crippen molar-refractivity contribution >= 4 is 11.9 Å². The van der Waals surface area contributed by atoms with Gasteiger partial charge in [0, 0.05) is 6.54 Å². The van der Waals surface area contributed by atoms with Crippen LogP contribution in [0.15, 0.2) is 4.52 Å². The second kappa shape index (κ2) is 4.20. The molecule has 1 amide bonds. The normalized spacial score (nSPS) is 19.6. The summed E-state index contributed by atoms with van der Waals surface area (Å²) in [5, 5.41) is 12.7. The van der Waals surface area contributed by atoms with Crippen LogP contribution in [0.4, 0.5) is 0 Å². The van der Waals surface area contributed by atoms with Gasteiger partial charge in [-0.2, -0.15) is 0 Å². The van der Waals surface area contributed by atoms with E-state index in [1.54, 1.807) is 13.8 Å². The van der Waals surface area contributed by atoms with E-state index in [-0.39, 0.29) is 5.91 Å². The lowest BCUT2D eigenvalue weighted by molar-refractivity contribution is -0.141. The first kappa shape index (κ1) is 11.6. The van der Waals surface area contributed by atoms with Gasteiger partial charge < -0.3 is 14.5 Å². The van der Waals surface area contributed by atoms with Crippen LogP contribution in [0.5, 0.6) is 0 Å². The zero-order valence-electron chi connectivity index (χ0n) is 9.77. The third-order valence-corrected chi connectivity index (χ3v) is 3.05. The SMILES string of the molecule is Cc1noc(C)c1C(=O)N1CCC[C@H]1C(=O)O. The first-order valence-electron chi connectivity index (χ1n) is 5.49. The van der Waals surface area contributed by atoms with Gasteiger partial charge in [0.1, 0.15) is 17.4 Å². The Kier molecular flexibility index (Phi) is 2.87. The van der Waals surface area contributed by atoms with E-state index in [2.05, 4.69) is 5.16 Å². The Labute approximate surface area is 98.2 Å². The Morgan fingerprint density at radius 3 is 2.71 bits per heavy atom. The molecule has 0 aromatic carbocycles. The number of carbonyl (C=O) groups is 2. The van der Waals surface area contributed by atoms with Crippen LogP contribution >= 0.6 is 0 Å². The van der Waals surface area contributed by atoms with Crippen molar-refractivity contribution in [2.75, 3.05) is 6.54 Å². The minimum Gasteiger partial charge on any atom is -0.480 e. The Hall–Kier alpha value is -1.85. The van der Waals surface area contributed by atoms with Crippen LogP contribution in [-0.2, 0) is 4.79 Å². The van der Waals surface area contributed by atoms with Crippen LogP contribution in [0.1, 0.15) is 34.7 Å². The molecular formula is C11H14N2O4. The van der Waals surface area contributed by atoms with Crippen molar-refractivity contribution in [1.82, 2.24) is 10.1 Å². The number of carboxylic acids is 1. The summed E-state index contributed by atoms with van der Waals surface area (Å²) < 4.78 is 4.93. The first-order chi connectivity index (χ1) is 8.02. The van der Waals surface area contributed by atoms with E-state index in [1.165, 1.54) is 4.90 Å². The number of nitrogens with zero attached hydrogens (tertiary/aromatic N) is 2. The quantitative estimate of drug-likeness (QED) is 0.830. The van der Waals surface area contributed by atoms with E-state index in [1.807, 2.05) is 0 Å². The smallest absolute Gasteiger partial charge is 0.326 e. The van der Waals surface area contributed by atoms with E-state index < -0.39 is 12.0 Å². The molecule has 0 radical (unpaired) electrons. The van der Waals surface area contributed by atoms with Crippen molar-refractivity contribution in [3.05, 3.63) is 17.0 Å². The van der Waals surface area contributed by atoms with Gasteiger partial charge in [0.05, 0.1) is 5.69 Å². The molecule has 0 bridgehead atoms. The second-order valence-corrected chi connectivity index (χ2v) is 4.19. The van der Waals surface area contributed by atoms with Gasteiger partial charge in [0.15, 0.2) is 0 Å². The van der Waals surface area contributed by atoms with Gasteiger partial charge in [-0.15, -0.1) is 0 Å². The van der Waals surface area contributed by atoms with Crippen LogP contribution in [0, 0.1) is 13.8 Å². The highest BCUT2D eigenvalue weighted by atomic mass is 16.5. The zero-order valence-corrected chi connectivity index (χ0v) is 9.77. The Morgan fingerprint density at radius 2 is 2.18 bits per heavy atom. The van der Waals surface area contributed by atoms with E-state index in [0.717, 1.165) is 0 Å². The summed E-state index contributed by atoms with van der Waals surface area (Å²) in [6.45, 7) is 3.80. The number of aromatic nitrogens is 1. The molecule has 92 valence electrons. The number of hydrogen-bond donors (Lipinski definition) is 1. The molecule has 0 unspecified atom stereocenters. The largest absolute Gasteiger partial charge is 0.480 e. The molecule has 2 heterocycles. The van der Waals surface area contributed by atoms with Gasteiger partial charge >= 0.3 is 5.97 Å². The Morgan fingerprint density at radius 1 is 1.47 bits per heavy atom. The van der Waals surface area contributed by atoms with E-state index >= 15 is 0 Å². The van der Waals surface area contributed by atoms with Crippen molar-refractivity contribution in [3.63, 3.8) is 0 Å². The molecular weight excluding hydrogens is 224 g/mol. The molecule has 1 fully saturated rings. The summed E-state index contributed by atoms with van der Waals surface area (Å²) in [5.74, 6) is -0.822. The molecule has 0 aliphatic carbocycles. The molecule has 1 N–H and O–H groups in total. The molecule has 0 spiro atoms. The van der Waals surface area contributed by atoms with Gasteiger partial charge in [0.25, 0.3) is 5.91 Å². The number of hydrogen-bond acceptors (Lipinski definition) is 4. The summed E-state index contributed by atoms with van der Waals surface area (Å²) in [6, 6.07) is -0.726. The monoisotopic (exact) mass is 238 g/mol. The predicted octanol–water partition coefficient (Wildman–Crippen LogP) is 0.981. The van der Waals surface area contributed by atoms with Crippen LogP contribution in [0.2, 0.25) is 0 Å². The second-order valence-electron chi connectivity index (χ2n) is 4.19. The van der Waals surface area contributed by atoms with Crippen LogP contribution in [0.3, 0.4) is 0 Å². The fourth-order valence-corrected chi connectivity index (χ4v) is 2.20. The molecule has 1 atom stereocenters. The van der Waals surface area contributed by atoms with Crippen molar-refractivity contribution < 1.29 is 19.2 Å². The maximum absolute atomic E-state index is 12.2. The van der Waals surface area contributed by atoms with Gasteiger partial charge in [0.2, 0.25) is 0 Å². The van der Waals surface area contributed by atoms with Crippen molar-refractivity contribution in [1.29, 1.82) is 0 Å². The fourth-order valence-electron chi connectivity index (χ4n) is 2.20. The highest BCUT2D eigenvalue weighted by Crippen LogP contribution is 2.23. The Bertz CT molecular complexity index is 447. The average molecular weight is 238 g/mol. The van der Waals surface area contributed by atoms with E-state index in [0.29, 0.717) is 36.4 Å². The van der Waals surface area contributed by atoms with Gasteiger partial charge in [-0.25, -0.2) is 4.79 Å². The molecule has 1 aromatic rings. The average Bonchev–Trinajstić information content (AvgIpc) is 2.85. The van der Waals surface area contributed by atoms with Gasteiger partial charge in [-0.3, -0.25) is 4.79 Å². The fraction of sp³-hybridized carbons (Fsp3) is 0.545. The molecule has 1 aromatic heterocycles. The maximum atomic E-state index is 12.2. The summed E-state index contributed by atoms with van der Waals surface area (Å²) in [7, 11) is 0. The molecule has 0 saturated carbocycles. The minimum absolute atomic E-state index is 0.300. The van der Waals surface area contributed by atoms with Crippen molar-refractivity contribution in [2.24, 2.45) is 0 Å². The van der Waals surface area contributed by atoms with Gasteiger partial charge in [-0.05, 0) is 26.7 Å². The third-order valence-electron chi connectivity index (χ3n) is 3.05. The first-order valence-corrected chi connectivity index (χ1v) is 5.49. The molecule has 2 rings (SSSR count). The summed E-state index contributed by atoms with van der Waals surface area (Å²) in [4.78, 5) is 24.6. The maximum Gasteiger partial charge on any atom is 0.326 e. The van der Waals surface area contributed by atoms with Crippen LogP contribution in [-0.4, -0.2) is 39.6 Å². The van der Waals surface area contributed by atoms with Gasteiger partial charge in [-0.1, -0.05) is 5.16 Å². The van der Waals surface area contributed by atoms with Crippen LogP contribution < -0.4 is 0 Å². The van der Waals surface area contributed by atoms with Crippen molar-refractivity contribution in [2.45, 2.75) is 32.7 Å². The molecule has 6 nitrogen and oxygen atoms in total. The topological polar surface area (TPSA) is 83.6 Å². The summed E-state index contributed by atoms with van der Waals surface area (Å²) in [6.07, 6.45) is 1.22. The lowest BCUT2D eigenvalue weighted by Crippen LogP contribution is -2.40. The number of carboxylic acid groups (broad SMARTS) is 1. The van der Waals surface area contributed by atoms with E-state index in [9.17, 15) is 9.59 Å². The number of aliphatic carboxylic acids is 1. The van der Waals surface area contributed by atoms with Crippen LogP contribution in [0.25, 0.3) is 0 Å². The standard InChI is InChI=1S/C11H14N2O4/c1-6-9(7(2)17-12-6)10(14)13-5-3-4-8(13)11(15)16/h8H,3-5H2,1-2H3,(H,15,16)/t8-/m0/s1. The zero-order chi connectivity index (χ0) is 12.6.